The Labute approximate surface area is 196 Å². The van der Waals surface area contributed by atoms with Crippen LogP contribution in [0.3, 0.4) is 0 Å². The molecular formula is C24H23ClN2O4S. The van der Waals surface area contributed by atoms with Crippen molar-refractivity contribution in [3.63, 3.8) is 0 Å². The fourth-order valence-electron chi connectivity index (χ4n) is 2.95. The van der Waals surface area contributed by atoms with Crippen molar-refractivity contribution in [3.8, 4) is 11.5 Å². The van der Waals surface area contributed by atoms with Crippen molar-refractivity contribution in [1.82, 2.24) is 0 Å². The Kier molecular flexibility index (Phi) is 8.03. The SMILES string of the molecule is COc1cc(OC)c(NC(=O)CSc2cccc(NC(=O)c3cccc(C)c3)c2)cc1Cl. The number of hydrogen-bond donors (Lipinski definition) is 2. The lowest BCUT2D eigenvalue weighted by Gasteiger charge is -2.13. The Morgan fingerprint density at radius 3 is 2.41 bits per heavy atom. The van der Waals surface area contributed by atoms with Crippen molar-refractivity contribution in [1.29, 1.82) is 0 Å². The zero-order valence-electron chi connectivity index (χ0n) is 17.9. The second kappa shape index (κ2) is 10.9. The summed E-state index contributed by atoms with van der Waals surface area (Å²) >= 11 is 7.51. The smallest absolute Gasteiger partial charge is 0.255 e. The van der Waals surface area contributed by atoms with E-state index in [-0.39, 0.29) is 17.6 Å². The maximum absolute atomic E-state index is 12.5. The lowest BCUT2D eigenvalue weighted by Crippen LogP contribution is -2.15. The number of carbonyl (C=O) groups is 2. The van der Waals surface area contributed by atoms with Crippen LogP contribution in [0.15, 0.2) is 65.6 Å². The van der Waals surface area contributed by atoms with Gasteiger partial charge in [0.2, 0.25) is 5.91 Å². The molecule has 8 heteroatoms. The summed E-state index contributed by atoms with van der Waals surface area (Å²) in [5.41, 5.74) is 2.73. The van der Waals surface area contributed by atoms with Gasteiger partial charge in [-0.2, -0.15) is 0 Å². The van der Waals surface area contributed by atoms with Crippen LogP contribution in [-0.4, -0.2) is 31.8 Å². The highest BCUT2D eigenvalue weighted by Crippen LogP contribution is 2.36. The normalized spacial score (nSPS) is 10.4. The van der Waals surface area contributed by atoms with Crippen LogP contribution in [0.25, 0.3) is 0 Å². The highest BCUT2D eigenvalue weighted by molar-refractivity contribution is 8.00. The summed E-state index contributed by atoms with van der Waals surface area (Å²) in [4.78, 5) is 25.8. The lowest BCUT2D eigenvalue weighted by atomic mass is 10.1. The van der Waals surface area contributed by atoms with Crippen molar-refractivity contribution in [2.75, 3.05) is 30.6 Å². The number of rotatable bonds is 8. The first-order valence-electron chi connectivity index (χ1n) is 9.72. The first kappa shape index (κ1) is 23.5. The molecule has 0 fully saturated rings. The van der Waals surface area contributed by atoms with E-state index in [1.54, 1.807) is 18.2 Å². The van der Waals surface area contributed by atoms with Crippen LogP contribution in [0, 0.1) is 6.92 Å². The molecule has 166 valence electrons. The average molecular weight is 471 g/mol. The molecular weight excluding hydrogens is 448 g/mol. The average Bonchev–Trinajstić information content (AvgIpc) is 2.78. The van der Waals surface area contributed by atoms with Crippen molar-refractivity contribution in [2.45, 2.75) is 11.8 Å². The molecule has 32 heavy (non-hydrogen) atoms. The largest absolute Gasteiger partial charge is 0.495 e. The fraction of sp³-hybridized carbons (Fsp3) is 0.167. The molecule has 2 N–H and O–H groups in total. The number of thioether (sulfide) groups is 1. The van der Waals surface area contributed by atoms with Gasteiger partial charge in [-0.25, -0.2) is 0 Å². The number of aryl methyl sites for hydroxylation is 1. The molecule has 0 bridgehead atoms. The number of halogens is 1. The van der Waals surface area contributed by atoms with Gasteiger partial charge >= 0.3 is 0 Å². The molecule has 2 amide bonds. The van der Waals surface area contributed by atoms with E-state index in [4.69, 9.17) is 21.1 Å². The molecule has 0 aromatic heterocycles. The van der Waals surface area contributed by atoms with Crippen LogP contribution in [0.2, 0.25) is 5.02 Å². The van der Waals surface area contributed by atoms with E-state index < -0.39 is 0 Å². The first-order chi connectivity index (χ1) is 15.4. The molecule has 6 nitrogen and oxygen atoms in total. The van der Waals surface area contributed by atoms with E-state index in [0.29, 0.717) is 33.5 Å². The van der Waals surface area contributed by atoms with Crippen molar-refractivity contribution >= 4 is 46.6 Å². The maximum atomic E-state index is 12.5. The van der Waals surface area contributed by atoms with Gasteiger partial charge in [0.15, 0.2) is 0 Å². The molecule has 0 heterocycles. The predicted molar refractivity (Wildman–Crippen MR) is 129 cm³/mol. The van der Waals surface area contributed by atoms with Crippen LogP contribution >= 0.6 is 23.4 Å². The van der Waals surface area contributed by atoms with Gasteiger partial charge < -0.3 is 20.1 Å². The van der Waals surface area contributed by atoms with Gasteiger partial charge in [-0.3, -0.25) is 9.59 Å². The fourth-order valence-corrected chi connectivity index (χ4v) is 3.94. The minimum absolute atomic E-state index is 0.169. The topological polar surface area (TPSA) is 76.7 Å². The minimum atomic E-state index is -0.219. The van der Waals surface area contributed by atoms with Gasteiger partial charge in [-0.05, 0) is 43.3 Å². The summed E-state index contributed by atoms with van der Waals surface area (Å²) in [7, 11) is 3.01. The van der Waals surface area contributed by atoms with Crippen molar-refractivity contribution in [2.24, 2.45) is 0 Å². The van der Waals surface area contributed by atoms with E-state index in [1.807, 2.05) is 49.4 Å². The van der Waals surface area contributed by atoms with Gasteiger partial charge in [-0.1, -0.05) is 35.4 Å². The molecule has 0 spiro atoms. The number of benzene rings is 3. The Morgan fingerprint density at radius 2 is 1.69 bits per heavy atom. The maximum Gasteiger partial charge on any atom is 0.255 e. The second-order valence-electron chi connectivity index (χ2n) is 6.88. The molecule has 0 aliphatic heterocycles. The van der Waals surface area contributed by atoms with Gasteiger partial charge in [0.25, 0.3) is 5.91 Å². The first-order valence-corrected chi connectivity index (χ1v) is 11.1. The molecule has 0 aliphatic rings. The zero-order valence-corrected chi connectivity index (χ0v) is 19.5. The Balaban J connectivity index is 1.61. The third-order valence-corrected chi connectivity index (χ3v) is 5.78. The van der Waals surface area contributed by atoms with Crippen LogP contribution < -0.4 is 20.1 Å². The van der Waals surface area contributed by atoms with E-state index >= 15 is 0 Å². The van der Waals surface area contributed by atoms with Crippen LogP contribution in [0.4, 0.5) is 11.4 Å². The Morgan fingerprint density at radius 1 is 0.938 bits per heavy atom. The summed E-state index contributed by atoms with van der Waals surface area (Å²) in [5, 5.41) is 6.06. The van der Waals surface area contributed by atoms with E-state index in [9.17, 15) is 9.59 Å². The number of nitrogens with one attached hydrogen (secondary N) is 2. The molecule has 3 aromatic rings. The van der Waals surface area contributed by atoms with Crippen molar-refractivity contribution < 1.29 is 19.1 Å². The summed E-state index contributed by atoms with van der Waals surface area (Å²) in [6.07, 6.45) is 0. The number of amides is 2. The number of anilines is 2. The van der Waals surface area contributed by atoms with Gasteiger partial charge in [-0.15, -0.1) is 11.8 Å². The molecule has 0 atom stereocenters. The lowest BCUT2D eigenvalue weighted by molar-refractivity contribution is -0.113. The summed E-state index contributed by atoms with van der Waals surface area (Å²) in [6.45, 7) is 1.94. The summed E-state index contributed by atoms with van der Waals surface area (Å²) < 4.78 is 10.5. The van der Waals surface area contributed by atoms with E-state index in [1.165, 1.54) is 26.0 Å². The number of methoxy groups -OCH3 is 2. The van der Waals surface area contributed by atoms with Gasteiger partial charge in [0.05, 0.1) is 30.7 Å². The standard InChI is InChI=1S/C24H23ClN2O4S/c1-15-6-4-7-16(10-15)24(29)26-17-8-5-9-18(11-17)32-14-23(28)27-20-12-19(25)21(30-2)13-22(20)31-3/h4-13H,14H2,1-3H3,(H,26,29)(H,27,28). The zero-order chi connectivity index (χ0) is 23.1. The quantitative estimate of drug-likeness (QED) is 0.416. The highest BCUT2D eigenvalue weighted by atomic mass is 35.5. The summed E-state index contributed by atoms with van der Waals surface area (Å²) in [5.74, 6) is 0.675. The number of carbonyl (C=O) groups excluding carboxylic acids is 2. The van der Waals surface area contributed by atoms with E-state index in [0.717, 1.165) is 10.5 Å². The van der Waals surface area contributed by atoms with Crippen LogP contribution in [0.1, 0.15) is 15.9 Å². The Hall–Kier alpha value is -3.16. The van der Waals surface area contributed by atoms with Gasteiger partial charge in [0.1, 0.15) is 11.5 Å². The third-order valence-electron chi connectivity index (χ3n) is 4.49. The molecule has 3 aromatic carbocycles. The monoisotopic (exact) mass is 470 g/mol. The minimum Gasteiger partial charge on any atom is -0.495 e. The number of hydrogen-bond acceptors (Lipinski definition) is 5. The molecule has 0 aliphatic carbocycles. The van der Waals surface area contributed by atoms with E-state index in [2.05, 4.69) is 10.6 Å². The molecule has 0 unspecified atom stereocenters. The highest BCUT2D eigenvalue weighted by Gasteiger charge is 2.13. The predicted octanol–water partition coefficient (Wildman–Crippen LogP) is 5.65. The molecule has 3 rings (SSSR count). The van der Waals surface area contributed by atoms with Crippen molar-refractivity contribution in [3.05, 3.63) is 76.8 Å². The molecule has 0 radical (unpaired) electrons. The Bertz CT molecular complexity index is 1140. The van der Waals surface area contributed by atoms with Crippen LogP contribution in [-0.2, 0) is 4.79 Å². The van der Waals surface area contributed by atoms with Crippen LogP contribution in [0.5, 0.6) is 11.5 Å². The van der Waals surface area contributed by atoms with Gasteiger partial charge in [0, 0.05) is 22.2 Å². The second-order valence-corrected chi connectivity index (χ2v) is 8.33. The molecule has 0 saturated heterocycles. The summed E-state index contributed by atoms with van der Waals surface area (Å²) in [6, 6.07) is 17.9. The third kappa shape index (κ3) is 6.18. The number of ether oxygens (including phenoxy) is 2. The molecule has 0 saturated carbocycles.